The standard InChI is InChI=1S/C23H27NO3/c1-26-17-20-16-18(7-13-23(20)27-2)6-12-22(25)19-8-10-21(11-9-19)24-14-4-3-5-15-24/h6-13,16H,3-5,14-15,17H2,1-2H3/b12-6+. The molecule has 0 radical (unpaired) electrons. The molecule has 1 aliphatic rings. The van der Waals surface area contributed by atoms with Crippen LogP contribution in [0.15, 0.2) is 48.5 Å². The quantitative estimate of drug-likeness (QED) is 0.525. The third kappa shape index (κ3) is 4.98. The van der Waals surface area contributed by atoms with Crippen LogP contribution in [0.1, 0.15) is 40.7 Å². The van der Waals surface area contributed by atoms with Crippen LogP contribution in [0.2, 0.25) is 0 Å². The highest BCUT2D eigenvalue weighted by molar-refractivity contribution is 6.07. The van der Waals surface area contributed by atoms with Crippen LogP contribution in [0.4, 0.5) is 5.69 Å². The molecular formula is C23H27NO3. The number of piperidine rings is 1. The molecule has 0 aliphatic carbocycles. The van der Waals surface area contributed by atoms with Crippen LogP contribution in [0.3, 0.4) is 0 Å². The van der Waals surface area contributed by atoms with E-state index in [1.807, 2.05) is 36.4 Å². The lowest BCUT2D eigenvalue weighted by atomic mass is 10.1. The monoisotopic (exact) mass is 365 g/mol. The van der Waals surface area contributed by atoms with Crippen LogP contribution in [-0.2, 0) is 11.3 Å². The summed E-state index contributed by atoms with van der Waals surface area (Å²) in [5.74, 6) is 0.790. The van der Waals surface area contributed by atoms with Gasteiger partial charge in [-0.1, -0.05) is 12.1 Å². The molecule has 1 aliphatic heterocycles. The van der Waals surface area contributed by atoms with E-state index in [9.17, 15) is 4.79 Å². The molecule has 27 heavy (non-hydrogen) atoms. The Labute approximate surface area is 161 Å². The number of methoxy groups -OCH3 is 2. The molecule has 1 heterocycles. The SMILES string of the molecule is COCc1cc(/C=C/C(=O)c2ccc(N3CCCCC3)cc2)ccc1OC. The van der Waals surface area contributed by atoms with Gasteiger partial charge in [-0.15, -0.1) is 0 Å². The summed E-state index contributed by atoms with van der Waals surface area (Å²) in [6, 6.07) is 13.7. The van der Waals surface area contributed by atoms with Gasteiger partial charge in [-0.25, -0.2) is 0 Å². The lowest BCUT2D eigenvalue weighted by Gasteiger charge is -2.28. The maximum absolute atomic E-state index is 12.5. The Bertz CT molecular complexity index is 790. The van der Waals surface area contributed by atoms with Crippen LogP contribution in [0.25, 0.3) is 6.08 Å². The van der Waals surface area contributed by atoms with Gasteiger partial charge in [0, 0.05) is 37.0 Å². The largest absolute Gasteiger partial charge is 0.496 e. The van der Waals surface area contributed by atoms with Crippen molar-refractivity contribution in [3.8, 4) is 5.75 Å². The summed E-state index contributed by atoms with van der Waals surface area (Å²) in [5.41, 5.74) is 3.81. The number of nitrogens with zero attached hydrogens (tertiary/aromatic N) is 1. The second kappa shape index (κ2) is 9.38. The fourth-order valence-corrected chi connectivity index (χ4v) is 3.43. The Kier molecular flexibility index (Phi) is 6.66. The minimum absolute atomic E-state index is 0.00398. The van der Waals surface area contributed by atoms with Gasteiger partial charge in [0.2, 0.25) is 0 Å². The number of hydrogen-bond donors (Lipinski definition) is 0. The van der Waals surface area contributed by atoms with Crippen molar-refractivity contribution >= 4 is 17.5 Å². The molecule has 0 bridgehead atoms. The molecule has 0 atom stereocenters. The lowest BCUT2D eigenvalue weighted by Crippen LogP contribution is -2.29. The fourth-order valence-electron chi connectivity index (χ4n) is 3.43. The van der Waals surface area contributed by atoms with E-state index in [2.05, 4.69) is 17.0 Å². The molecule has 1 saturated heterocycles. The Morgan fingerprint density at radius 2 is 1.78 bits per heavy atom. The Morgan fingerprint density at radius 3 is 2.44 bits per heavy atom. The molecule has 4 nitrogen and oxygen atoms in total. The van der Waals surface area contributed by atoms with Crippen LogP contribution in [-0.4, -0.2) is 33.1 Å². The van der Waals surface area contributed by atoms with E-state index in [1.165, 1.54) is 24.9 Å². The Balaban J connectivity index is 1.68. The average molecular weight is 365 g/mol. The zero-order chi connectivity index (χ0) is 19.1. The van der Waals surface area contributed by atoms with Crippen LogP contribution >= 0.6 is 0 Å². The van der Waals surface area contributed by atoms with E-state index >= 15 is 0 Å². The number of carbonyl (C=O) groups is 1. The third-order valence-electron chi connectivity index (χ3n) is 4.90. The third-order valence-corrected chi connectivity index (χ3v) is 4.90. The van der Waals surface area contributed by atoms with Gasteiger partial charge >= 0.3 is 0 Å². The van der Waals surface area contributed by atoms with Crippen molar-refractivity contribution in [3.05, 3.63) is 65.2 Å². The molecule has 0 N–H and O–H groups in total. The highest BCUT2D eigenvalue weighted by Crippen LogP contribution is 2.22. The molecular weight excluding hydrogens is 338 g/mol. The van der Waals surface area contributed by atoms with Crippen LogP contribution in [0.5, 0.6) is 5.75 Å². The number of carbonyl (C=O) groups excluding carboxylic acids is 1. The van der Waals surface area contributed by atoms with E-state index in [0.29, 0.717) is 12.2 Å². The van der Waals surface area contributed by atoms with Gasteiger partial charge in [0.05, 0.1) is 13.7 Å². The van der Waals surface area contributed by atoms with Gasteiger partial charge in [-0.05, 0) is 67.3 Å². The molecule has 2 aromatic carbocycles. The normalized spacial score (nSPS) is 14.5. The second-order valence-corrected chi connectivity index (χ2v) is 6.80. The maximum atomic E-state index is 12.5. The zero-order valence-electron chi connectivity index (χ0n) is 16.1. The molecule has 3 rings (SSSR count). The molecule has 0 aromatic heterocycles. The summed E-state index contributed by atoms with van der Waals surface area (Å²) in [6.07, 6.45) is 7.26. The second-order valence-electron chi connectivity index (χ2n) is 6.80. The first-order valence-electron chi connectivity index (χ1n) is 9.44. The topological polar surface area (TPSA) is 38.8 Å². The molecule has 4 heteroatoms. The van der Waals surface area contributed by atoms with Gasteiger partial charge in [-0.3, -0.25) is 4.79 Å². The van der Waals surface area contributed by atoms with Gasteiger partial charge in [-0.2, -0.15) is 0 Å². The maximum Gasteiger partial charge on any atom is 0.185 e. The van der Waals surface area contributed by atoms with E-state index in [1.54, 1.807) is 20.3 Å². The number of allylic oxidation sites excluding steroid dienone is 1. The van der Waals surface area contributed by atoms with E-state index < -0.39 is 0 Å². The number of ether oxygens (including phenoxy) is 2. The number of hydrogen-bond acceptors (Lipinski definition) is 4. The highest BCUT2D eigenvalue weighted by Gasteiger charge is 2.11. The minimum atomic E-state index is 0.00398. The fraction of sp³-hybridized carbons (Fsp3) is 0.348. The van der Waals surface area contributed by atoms with Gasteiger partial charge < -0.3 is 14.4 Å². The zero-order valence-corrected chi connectivity index (χ0v) is 16.1. The van der Waals surface area contributed by atoms with Gasteiger partial charge in [0.1, 0.15) is 5.75 Å². The van der Waals surface area contributed by atoms with Crippen molar-refractivity contribution in [1.82, 2.24) is 0 Å². The Hall–Kier alpha value is -2.59. The number of rotatable bonds is 7. The van der Waals surface area contributed by atoms with Crippen molar-refractivity contribution in [2.45, 2.75) is 25.9 Å². The predicted molar refractivity (Wildman–Crippen MR) is 110 cm³/mol. The molecule has 0 unspecified atom stereocenters. The smallest absolute Gasteiger partial charge is 0.185 e. The van der Waals surface area contributed by atoms with E-state index in [0.717, 1.165) is 30.0 Å². The van der Waals surface area contributed by atoms with E-state index in [4.69, 9.17) is 9.47 Å². The first kappa shape index (κ1) is 19.2. The van der Waals surface area contributed by atoms with Crippen LogP contribution in [0, 0.1) is 0 Å². The van der Waals surface area contributed by atoms with Gasteiger partial charge in [0.15, 0.2) is 5.78 Å². The molecule has 1 fully saturated rings. The van der Waals surface area contributed by atoms with Gasteiger partial charge in [0.25, 0.3) is 0 Å². The summed E-state index contributed by atoms with van der Waals surface area (Å²) in [4.78, 5) is 14.9. The molecule has 142 valence electrons. The van der Waals surface area contributed by atoms with Crippen molar-refractivity contribution in [2.75, 3.05) is 32.2 Å². The van der Waals surface area contributed by atoms with Crippen LogP contribution < -0.4 is 9.64 Å². The first-order valence-corrected chi connectivity index (χ1v) is 9.44. The first-order chi connectivity index (χ1) is 13.2. The number of benzene rings is 2. The van der Waals surface area contributed by atoms with Crippen molar-refractivity contribution < 1.29 is 14.3 Å². The summed E-state index contributed by atoms with van der Waals surface area (Å²) in [6.45, 7) is 2.68. The minimum Gasteiger partial charge on any atom is -0.496 e. The van der Waals surface area contributed by atoms with Crippen molar-refractivity contribution in [3.63, 3.8) is 0 Å². The predicted octanol–water partition coefficient (Wildman–Crippen LogP) is 4.73. The Morgan fingerprint density at radius 1 is 1.04 bits per heavy atom. The highest BCUT2D eigenvalue weighted by atomic mass is 16.5. The molecule has 0 amide bonds. The summed E-state index contributed by atoms with van der Waals surface area (Å²) in [7, 11) is 3.29. The molecule has 2 aromatic rings. The average Bonchev–Trinajstić information content (AvgIpc) is 2.73. The lowest BCUT2D eigenvalue weighted by molar-refractivity contribution is 0.104. The number of anilines is 1. The summed E-state index contributed by atoms with van der Waals surface area (Å²) in [5, 5.41) is 0. The molecule has 0 saturated carbocycles. The molecule has 0 spiro atoms. The van der Waals surface area contributed by atoms with E-state index in [-0.39, 0.29) is 5.78 Å². The summed E-state index contributed by atoms with van der Waals surface area (Å²) < 4.78 is 10.5. The van der Waals surface area contributed by atoms with Crippen molar-refractivity contribution in [2.24, 2.45) is 0 Å². The van der Waals surface area contributed by atoms with Crippen molar-refractivity contribution in [1.29, 1.82) is 0 Å². The summed E-state index contributed by atoms with van der Waals surface area (Å²) >= 11 is 0. The number of ketones is 1.